The number of hydrogen-bond donors (Lipinski definition) is 1. The quantitative estimate of drug-likeness (QED) is 0.728. The third kappa shape index (κ3) is 4.99. The Morgan fingerprint density at radius 2 is 2.00 bits per heavy atom. The number of benzene rings is 1. The number of esters is 1. The molecule has 122 valence electrons. The van der Waals surface area contributed by atoms with Crippen LogP contribution in [0.4, 0.5) is 0 Å². The number of rotatable bonds is 5. The molecule has 1 N–H and O–H groups in total. The lowest BCUT2D eigenvalue weighted by Crippen LogP contribution is -2.31. The van der Waals surface area contributed by atoms with Crippen LogP contribution in [0, 0.1) is 0 Å². The van der Waals surface area contributed by atoms with Crippen molar-refractivity contribution in [2.75, 3.05) is 6.61 Å². The summed E-state index contributed by atoms with van der Waals surface area (Å²) in [7, 11) is 0. The molecule has 1 heterocycles. The van der Waals surface area contributed by atoms with Crippen LogP contribution in [0.1, 0.15) is 29.1 Å². The number of carbonyl (C=O) groups is 2. The molecule has 2 rings (SSSR count). The van der Waals surface area contributed by atoms with Crippen molar-refractivity contribution in [1.82, 2.24) is 5.32 Å². The first-order chi connectivity index (χ1) is 10.9. The second-order valence-corrected chi connectivity index (χ2v) is 6.24. The predicted octanol–water partition coefficient (Wildman–Crippen LogP) is 4.38. The van der Waals surface area contributed by atoms with E-state index in [9.17, 15) is 9.59 Å². The zero-order valence-corrected chi connectivity index (χ0v) is 15.0. The van der Waals surface area contributed by atoms with Crippen molar-refractivity contribution in [2.24, 2.45) is 0 Å². The van der Waals surface area contributed by atoms with Gasteiger partial charge in [0.1, 0.15) is 0 Å². The van der Waals surface area contributed by atoms with E-state index in [1.165, 1.54) is 6.07 Å². The molecule has 1 aromatic carbocycles. The Kier molecular flexibility index (Phi) is 6.10. The number of nitrogens with one attached hydrogen (secondary N) is 1. The molecule has 8 heteroatoms. The van der Waals surface area contributed by atoms with Crippen LogP contribution in [0.2, 0.25) is 10.0 Å². The zero-order chi connectivity index (χ0) is 17.0. The van der Waals surface area contributed by atoms with E-state index in [4.69, 9.17) is 32.4 Å². The predicted molar refractivity (Wildman–Crippen MR) is 89.7 cm³/mol. The number of furan rings is 1. The topological polar surface area (TPSA) is 68.5 Å². The Morgan fingerprint density at radius 3 is 2.61 bits per heavy atom. The number of carbonyl (C=O) groups excluding carboxylic acids is 2. The third-order valence-corrected chi connectivity index (χ3v) is 4.10. The molecular formula is C15H12BrCl2NO4. The maximum atomic E-state index is 11.8. The van der Waals surface area contributed by atoms with Crippen molar-refractivity contribution in [1.29, 1.82) is 0 Å². The van der Waals surface area contributed by atoms with Gasteiger partial charge in [0.2, 0.25) is 5.76 Å². The summed E-state index contributed by atoms with van der Waals surface area (Å²) in [6.45, 7) is 1.37. The van der Waals surface area contributed by atoms with Crippen molar-refractivity contribution >= 4 is 51.0 Å². The fraction of sp³-hybridized carbons (Fsp3) is 0.200. The van der Waals surface area contributed by atoms with E-state index in [1.807, 2.05) is 0 Å². The Hall–Kier alpha value is -1.50. The van der Waals surface area contributed by atoms with E-state index < -0.39 is 18.5 Å². The lowest BCUT2D eigenvalue weighted by Gasteiger charge is -2.15. The summed E-state index contributed by atoms with van der Waals surface area (Å²) in [6.07, 6.45) is 0. The SMILES string of the molecule is CC(NC(=O)COC(=O)c1ccc(Br)o1)c1ccc(Cl)c(Cl)c1. The minimum Gasteiger partial charge on any atom is -0.450 e. The lowest BCUT2D eigenvalue weighted by molar-refractivity contribution is -0.124. The van der Waals surface area contributed by atoms with Crippen LogP contribution in [0.5, 0.6) is 0 Å². The van der Waals surface area contributed by atoms with E-state index in [2.05, 4.69) is 21.2 Å². The number of halogens is 3. The summed E-state index contributed by atoms with van der Waals surface area (Å²) in [4.78, 5) is 23.5. The maximum Gasteiger partial charge on any atom is 0.374 e. The minimum atomic E-state index is -0.715. The Morgan fingerprint density at radius 1 is 1.26 bits per heavy atom. The fourth-order valence-electron chi connectivity index (χ4n) is 1.77. The van der Waals surface area contributed by atoms with Gasteiger partial charge < -0.3 is 14.5 Å². The van der Waals surface area contributed by atoms with Crippen LogP contribution in [0.3, 0.4) is 0 Å². The van der Waals surface area contributed by atoms with Gasteiger partial charge in [-0.2, -0.15) is 0 Å². The summed E-state index contributed by atoms with van der Waals surface area (Å²) >= 11 is 14.9. The van der Waals surface area contributed by atoms with Crippen molar-refractivity contribution in [3.8, 4) is 0 Å². The van der Waals surface area contributed by atoms with E-state index in [-0.39, 0.29) is 11.8 Å². The average molecular weight is 421 g/mol. The van der Waals surface area contributed by atoms with Gasteiger partial charge in [0.15, 0.2) is 11.3 Å². The van der Waals surface area contributed by atoms with Gasteiger partial charge in [-0.3, -0.25) is 4.79 Å². The van der Waals surface area contributed by atoms with Crippen molar-refractivity contribution < 1.29 is 18.7 Å². The molecule has 0 aliphatic heterocycles. The molecule has 0 bridgehead atoms. The van der Waals surface area contributed by atoms with Gasteiger partial charge in [-0.05, 0) is 52.7 Å². The van der Waals surface area contributed by atoms with E-state index in [1.54, 1.807) is 31.2 Å². The first-order valence-electron chi connectivity index (χ1n) is 6.53. The molecule has 0 aliphatic carbocycles. The van der Waals surface area contributed by atoms with E-state index >= 15 is 0 Å². The van der Waals surface area contributed by atoms with Crippen LogP contribution < -0.4 is 5.32 Å². The van der Waals surface area contributed by atoms with Crippen LogP contribution in [0.15, 0.2) is 39.4 Å². The van der Waals surface area contributed by atoms with Gasteiger partial charge in [-0.25, -0.2) is 4.79 Å². The van der Waals surface area contributed by atoms with Gasteiger partial charge in [0.25, 0.3) is 5.91 Å². The van der Waals surface area contributed by atoms with Crippen LogP contribution >= 0.6 is 39.1 Å². The van der Waals surface area contributed by atoms with Crippen molar-refractivity contribution in [2.45, 2.75) is 13.0 Å². The molecule has 2 aromatic rings. The Labute approximate surface area is 151 Å². The molecule has 23 heavy (non-hydrogen) atoms. The second kappa shape index (κ2) is 7.86. The number of ether oxygens (including phenoxy) is 1. The third-order valence-electron chi connectivity index (χ3n) is 2.93. The normalized spacial score (nSPS) is 11.8. The Bertz CT molecular complexity index is 732. The lowest BCUT2D eigenvalue weighted by atomic mass is 10.1. The minimum absolute atomic E-state index is 0.0159. The van der Waals surface area contributed by atoms with Gasteiger partial charge >= 0.3 is 5.97 Å². The molecule has 1 amide bonds. The highest BCUT2D eigenvalue weighted by Crippen LogP contribution is 2.25. The number of amides is 1. The van der Waals surface area contributed by atoms with Gasteiger partial charge in [0, 0.05) is 0 Å². The summed E-state index contributed by atoms with van der Waals surface area (Å²) in [5.74, 6) is -1.14. The molecule has 0 aliphatic rings. The molecule has 5 nitrogen and oxygen atoms in total. The zero-order valence-electron chi connectivity index (χ0n) is 11.9. The highest BCUT2D eigenvalue weighted by Gasteiger charge is 2.16. The molecule has 1 aromatic heterocycles. The largest absolute Gasteiger partial charge is 0.450 e. The highest BCUT2D eigenvalue weighted by atomic mass is 79.9. The van der Waals surface area contributed by atoms with Gasteiger partial charge in [0.05, 0.1) is 16.1 Å². The van der Waals surface area contributed by atoms with E-state index in [0.29, 0.717) is 14.7 Å². The monoisotopic (exact) mass is 419 g/mol. The first-order valence-corrected chi connectivity index (χ1v) is 8.08. The fourth-order valence-corrected chi connectivity index (χ4v) is 2.39. The second-order valence-electron chi connectivity index (χ2n) is 4.64. The van der Waals surface area contributed by atoms with Crippen LogP contribution in [-0.2, 0) is 9.53 Å². The molecule has 0 fully saturated rings. The standard InChI is InChI=1S/C15H12BrCl2NO4/c1-8(9-2-3-10(17)11(18)6-9)19-14(20)7-22-15(21)12-4-5-13(16)23-12/h2-6,8H,7H2,1H3,(H,19,20). The smallest absolute Gasteiger partial charge is 0.374 e. The average Bonchev–Trinajstić information content (AvgIpc) is 2.94. The van der Waals surface area contributed by atoms with Crippen LogP contribution in [0.25, 0.3) is 0 Å². The van der Waals surface area contributed by atoms with Crippen molar-refractivity contribution in [3.05, 3.63) is 56.4 Å². The number of hydrogen-bond acceptors (Lipinski definition) is 4. The molecule has 0 radical (unpaired) electrons. The summed E-state index contributed by atoms with van der Waals surface area (Å²) in [6, 6.07) is 7.77. The first kappa shape index (κ1) is 17.8. The molecule has 0 saturated carbocycles. The molecular weight excluding hydrogens is 409 g/mol. The molecule has 1 unspecified atom stereocenters. The van der Waals surface area contributed by atoms with Gasteiger partial charge in [-0.15, -0.1) is 0 Å². The van der Waals surface area contributed by atoms with Gasteiger partial charge in [-0.1, -0.05) is 29.3 Å². The van der Waals surface area contributed by atoms with E-state index in [0.717, 1.165) is 5.56 Å². The summed E-state index contributed by atoms with van der Waals surface area (Å²) in [5.41, 5.74) is 0.786. The highest BCUT2D eigenvalue weighted by molar-refractivity contribution is 9.10. The molecule has 1 atom stereocenters. The summed E-state index contributed by atoms with van der Waals surface area (Å²) in [5, 5.41) is 3.54. The van der Waals surface area contributed by atoms with Crippen molar-refractivity contribution in [3.63, 3.8) is 0 Å². The molecule has 0 saturated heterocycles. The summed E-state index contributed by atoms with van der Waals surface area (Å²) < 4.78 is 10.3. The Balaban J connectivity index is 1.86. The maximum absolute atomic E-state index is 11.8. The van der Waals surface area contributed by atoms with Crippen LogP contribution in [-0.4, -0.2) is 18.5 Å². The molecule has 0 spiro atoms.